The van der Waals surface area contributed by atoms with Gasteiger partial charge in [-0.1, -0.05) is 32.0 Å². The van der Waals surface area contributed by atoms with Crippen molar-refractivity contribution in [1.29, 1.82) is 0 Å². The molecular formula is C15H20N2O2. The Morgan fingerprint density at radius 3 is 2.68 bits per heavy atom. The normalized spacial score (nSPS) is 17.8. The summed E-state index contributed by atoms with van der Waals surface area (Å²) in [7, 11) is 0. The fraction of sp³-hybridized carbons (Fsp3) is 0.467. The molecule has 1 aromatic rings. The third-order valence-corrected chi connectivity index (χ3v) is 3.33. The third kappa shape index (κ3) is 2.78. The first-order chi connectivity index (χ1) is 9.00. The van der Waals surface area contributed by atoms with Gasteiger partial charge in [-0.25, -0.2) is 0 Å². The van der Waals surface area contributed by atoms with Crippen molar-refractivity contribution in [2.24, 2.45) is 5.92 Å². The van der Waals surface area contributed by atoms with Crippen LogP contribution in [0.5, 0.6) is 0 Å². The molecule has 0 saturated heterocycles. The average molecular weight is 260 g/mol. The molecule has 19 heavy (non-hydrogen) atoms. The molecule has 1 unspecified atom stereocenters. The molecule has 4 heteroatoms. The van der Waals surface area contributed by atoms with E-state index < -0.39 is 6.04 Å². The average Bonchev–Trinajstić information content (AvgIpc) is 2.60. The maximum Gasteiger partial charge on any atom is 0.254 e. The van der Waals surface area contributed by atoms with E-state index in [0.717, 1.165) is 17.7 Å². The summed E-state index contributed by atoms with van der Waals surface area (Å²) in [5.41, 5.74) is 1.82. The van der Waals surface area contributed by atoms with Crippen LogP contribution in [-0.2, 0) is 9.59 Å². The van der Waals surface area contributed by atoms with Crippen molar-refractivity contribution in [2.45, 2.75) is 33.2 Å². The van der Waals surface area contributed by atoms with Gasteiger partial charge in [-0.15, -0.1) is 0 Å². The summed E-state index contributed by atoms with van der Waals surface area (Å²) in [6, 6.07) is 7.14. The predicted octanol–water partition coefficient (Wildman–Crippen LogP) is 2.26. The van der Waals surface area contributed by atoms with Gasteiger partial charge >= 0.3 is 0 Å². The summed E-state index contributed by atoms with van der Waals surface area (Å²) >= 11 is 0. The molecule has 0 aliphatic carbocycles. The van der Waals surface area contributed by atoms with Crippen molar-refractivity contribution in [1.82, 2.24) is 5.32 Å². The molecule has 1 N–H and O–H groups in total. The molecule has 0 saturated carbocycles. The highest BCUT2D eigenvalue weighted by molar-refractivity contribution is 6.06. The summed E-state index contributed by atoms with van der Waals surface area (Å²) in [6.45, 7) is 6.41. The molecule has 1 atom stereocenters. The lowest BCUT2D eigenvalue weighted by molar-refractivity contribution is -0.126. The van der Waals surface area contributed by atoms with Crippen LogP contribution in [0.2, 0.25) is 0 Å². The largest absolute Gasteiger partial charge is 0.341 e. The molecule has 0 radical (unpaired) electrons. The number of nitrogens with zero attached hydrogens (tertiary/aromatic N) is 1. The zero-order valence-electron chi connectivity index (χ0n) is 11.6. The van der Waals surface area contributed by atoms with Gasteiger partial charge in [0.25, 0.3) is 5.91 Å². The minimum absolute atomic E-state index is 0.0305. The molecule has 1 aromatic carbocycles. The summed E-state index contributed by atoms with van der Waals surface area (Å²) < 4.78 is 0. The van der Waals surface area contributed by atoms with Gasteiger partial charge in [0.15, 0.2) is 0 Å². The van der Waals surface area contributed by atoms with E-state index in [1.807, 2.05) is 24.3 Å². The van der Waals surface area contributed by atoms with E-state index in [1.54, 1.807) is 4.90 Å². The third-order valence-electron chi connectivity index (χ3n) is 3.33. The Morgan fingerprint density at radius 1 is 1.37 bits per heavy atom. The second-order valence-corrected chi connectivity index (χ2v) is 5.36. The molecule has 1 aliphatic heterocycles. The van der Waals surface area contributed by atoms with Crippen LogP contribution in [0.3, 0.4) is 0 Å². The summed E-state index contributed by atoms with van der Waals surface area (Å²) in [6.07, 6.45) is 0.951. The lowest BCUT2D eigenvalue weighted by atomic mass is 10.1. The second-order valence-electron chi connectivity index (χ2n) is 5.36. The number of anilines is 1. The Labute approximate surface area is 113 Å². The Kier molecular flexibility index (Phi) is 3.88. The van der Waals surface area contributed by atoms with E-state index in [-0.39, 0.29) is 11.8 Å². The number of para-hydroxylation sites is 1. The van der Waals surface area contributed by atoms with Crippen LogP contribution >= 0.6 is 0 Å². The number of nitrogens with one attached hydrogen (secondary N) is 1. The zero-order chi connectivity index (χ0) is 14.0. The summed E-state index contributed by atoms with van der Waals surface area (Å²) in [4.78, 5) is 25.5. The van der Waals surface area contributed by atoms with E-state index in [1.165, 1.54) is 6.92 Å². The minimum Gasteiger partial charge on any atom is -0.341 e. The van der Waals surface area contributed by atoms with Crippen molar-refractivity contribution in [3.8, 4) is 0 Å². The molecular weight excluding hydrogens is 240 g/mol. The molecule has 2 rings (SSSR count). The van der Waals surface area contributed by atoms with Crippen molar-refractivity contribution in [3.05, 3.63) is 29.8 Å². The number of rotatable bonds is 4. The Morgan fingerprint density at radius 2 is 2.05 bits per heavy atom. The zero-order valence-corrected chi connectivity index (χ0v) is 11.6. The smallest absolute Gasteiger partial charge is 0.254 e. The van der Waals surface area contributed by atoms with Crippen molar-refractivity contribution in [2.75, 3.05) is 11.4 Å². The lowest BCUT2D eigenvalue weighted by Gasteiger charge is -2.19. The number of benzene rings is 1. The molecule has 2 amide bonds. The molecule has 0 spiro atoms. The number of amides is 2. The molecule has 1 heterocycles. The first-order valence-electron chi connectivity index (χ1n) is 6.68. The van der Waals surface area contributed by atoms with Gasteiger partial charge in [0.05, 0.1) is 0 Å². The van der Waals surface area contributed by atoms with Gasteiger partial charge < -0.3 is 10.2 Å². The van der Waals surface area contributed by atoms with Crippen LogP contribution in [0.1, 0.15) is 38.8 Å². The highest BCUT2D eigenvalue weighted by atomic mass is 16.2. The number of carbonyl (C=O) groups is 2. The van der Waals surface area contributed by atoms with Gasteiger partial charge in [0.1, 0.15) is 6.04 Å². The van der Waals surface area contributed by atoms with Gasteiger partial charge in [-0.2, -0.15) is 0 Å². The number of carbonyl (C=O) groups excluding carboxylic acids is 2. The SMILES string of the molecule is CC(=O)NC1C(=O)N(CCC(C)C)c2ccccc21. The highest BCUT2D eigenvalue weighted by Crippen LogP contribution is 2.35. The van der Waals surface area contributed by atoms with Gasteiger partial charge in [-0.3, -0.25) is 9.59 Å². The minimum atomic E-state index is -0.527. The number of hydrogen-bond donors (Lipinski definition) is 1. The standard InChI is InChI=1S/C15H20N2O2/c1-10(2)8-9-17-13-7-5-4-6-12(13)14(15(17)19)16-11(3)18/h4-7,10,14H,8-9H2,1-3H3,(H,16,18). The molecule has 102 valence electrons. The number of hydrogen-bond acceptors (Lipinski definition) is 2. The summed E-state index contributed by atoms with van der Waals surface area (Å²) in [5, 5.41) is 2.74. The second kappa shape index (κ2) is 5.43. The van der Waals surface area contributed by atoms with Crippen LogP contribution < -0.4 is 10.2 Å². The van der Waals surface area contributed by atoms with E-state index in [2.05, 4.69) is 19.2 Å². The lowest BCUT2D eigenvalue weighted by Crippen LogP contribution is -2.37. The Balaban J connectivity index is 2.27. The van der Waals surface area contributed by atoms with Crippen LogP contribution in [0.25, 0.3) is 0 Å². The van der Waals surface area contributed by atoms with E-state index in [0.29, 0.717) is 12.5 Å². The van der Waals surface area contributed by atoms with Crippen LogP contribution in [0.4, 0.5) is 5.69 Å². The molecule has 0 fully saturated rings. The van der Waals surface area contributed by atoms with Gasteiger partial charge in [0.2, 0.25) is 5.91 Å². The fourth-order valence-corrected chi connectivity index (χ4v) is 2.35. The quantitative estimate of drug-likeness (QED) is 0.902. The van der Waals surface area contributed by atoms with Crippen molar-refractivity contribution >= 4 is 17.5 Å². The number of fused-ring (bicyclic) bond motifs is 1. The highest BCUT2D eigenvalue weighted by Gasteiger charge is 2.37. The Bertz CT molecular complexity index is 497. The van der Waals surface area contributed by atoms with Crippen LogP contribution in [-0.4, -0.2) is 18.4 Å². The first-order valence-corrected chi connectivity index (χ1v) is 6.68. The molecule has 1 aliphatic rings. The van der Waals surface area contributed by atoms with E-state index in [9.17, 15) is 9.59 Å². The van der Waals surface area contributed by atoms with Crippen molar-refractivity contribution < 1.29 is 9.59 Å². The van der Waals surface area contributed by atoms with Crippen LogP contribution in [0, 0.1) is 5.92 Å². The van der Waals surface area contributed by atoms with E-state index >= 15 is 0 Å². The monoisotopic (exact) mass is 260 g/mol. The summed E-state index contributed by atoms with van der Waals surface area (Å²) in [5.74, 6) is 0.329. The van der Waals surface area contributed by atoms with Gasteiger partial charge in [0, 0.05) is 24.7 Å². The molecule has 4 nitrogen and oxygen atoms in total. The molecule has 0 aromatic heterocycles. The Hall–Kier alpha value is -1.84. The van der Waals surface area contributed by atoms with Crippen LogP contribution in [0.15, 0.2) is 24.3 Å². The fourth-order valence-electron chi connectivity index (χ4n) is 2.35. The predicted molar refractivity (Wildman–Crippen MR) is 74.8 cm³/mol. The topological polar surface area (TPSA) is 49.4 Å². The van der Waals surface area contributed by atoms with E-state index in [4.69, 9.17) is 0 Å². The van der Waals surface area contributed by atoms with Gasteiger partial charge in [-0.05, 0) is 18.4 Å². The maximum absolute atomic E-state index is 12.4. The van der Waals surface area contributed by atoms with Crippen molar-refractivity contribution in [3.63, 3.8) is 0 Å². The first kappa shape index (κ1) is 13.6. The molecule has 0 bridgehead atoms. The maximum atomic E-state index is 12.4.